The molecule has 0 spiro atoms. The van der Waals surface area contributed by atoms with Gasteiger partial charge in [0.15, 0.2) is 0 Å². The maximum absolute atomic E-state index is 12.6. The summed E-state index contributed by atoms with van der Waals surface area (Å²) in [7, 11) is 0. The third-order valence-corrected chi connectivity index (χ3v) is 4.03. The highest BCUT2D eigenvalue weighted by molar-refractivity contribution is 6.99. The monoisotopic (exact) mass is 317 g/mol. The lowest BCUT2D eigenvalue weighted by molar-refractivity contribution is -0.167. The molecule has 1 N–H and O–H groups in total. The Labute approximate surface area is 125 Å². The molecule has 0 aromatic carbocycles. The molecule has 0 saturated heterocycles. The van der Waals surface area contributed by atoms with E-state index < -0.39 is 5.92 Å². The first kappa shape index (κ1) is 14.8. The second-order valence-corrected chi connectivity index (χ2v) is 5.75. The number of hydrogen-bond acceptors (Lipinski definition) is 6. The zero-order chi connectivity index (χ0) is 14.7. The van der Waals surface area contributed by atoms with Crippen molar-refractivity contribution >= 4 is 17.3 Å². The number of rotatable bonds is 6. The van der Waals surface area contributed by atoms with Crippen LogP contribution >= 0.6 is 11.7 Å². The fourth-order valence-corrected chi connectivity index (χ4v) is 2.90. The van der Waals surface area contributed by atoms with Crippen molar-refractivity contribution in [2.24, 2.45) is 0 Å². The quantitative estimate of drug-likeness (QED) is 0.815. The van der Waals surface area contributed by atoms with Gasteiger partial charge in [0.25, 0.3) is 11.8 Å². The second kappa shape index (κ2) is 6.33. The van der Waals surface area contributed by atoms with Gasteiger partial charge in [-0.05, 0) is 18.5 Å². The standard InChI is InChI=1S/C13H17F2N3O2S/c14-13(15)6-10(7-13)19-4-5-20-12-11(17-21-18-12)9-2-1-3-16-8-9/h2,10,16H,1,3-8H2. The summed E-state index contributed by atoms with van der Waals surface area (Å²) in [6.45, 7) is 2.31. The summed E-state index contributed by atoms with van der Waals surface area (Å²) < 4.78 is 44.5. The number of alkyl halides is 2. The van der Waals surface area contributed by atoms with E-state index in [2.05, 4.69) is 20.1 Å². The highest BCUT2D eigenvalue weighted by atomic mass is 32.1. The molecule has 8 heteroatoms. The maximum Gasteiger partial charge on any atom is 0.253 e. The molecule has 21 heavy (non-hydrogen) atoms. The summed E-state index contributed by atoms with van der Waals surface area (Å²) in [6.07, 6.45) is 2.38. The van der Waals surface area contributed by atoms with Crippen LogP contribution in [0.1, 0.15) is 25.0 Å². The zero-order valence-electron chi connectivity index (χ0n) is 11.5. The number of hydrogen-bond donors (Lipinski definition) is 1. The molecule has 1 saturated carbocycles. The van der Waals surface area contributed by atoms with Crippen LogP contribution in [0.3, 0.4) is 0 Å². The van der Waals surface area contributed by atoms with Crippen LogP contribution in [0.15, 0.2) is 6.08 Å². The Morgan fingerprint density at radius 3 is 2.90 bits per heavy atom. The van der Waals surface area contributed by atoms with E-state index in [0.29, 0.717) is 12.5 Å². The van der Waals surface area contributed by atoms with Gasteiger partial charge in [-0.3, -0.25) is 0 Å². The molecular formula is C13H17F2N3O2S. The molecule has 1 aliphatic carbocycles. The Morgan fingerprint density at radius 1 is 1.33 bits per heavy atom. The van der Waals surface area contributed by atoms with Crippen LogP contribution in [0.2, 0.25) is 0 Å². The average Bonchev–Trinajstić information content (AvgIpc) is 2.91. The first-order chi connectivity index (χ1) is 10.1. The van der Waals surface area contributed by atoms with Crippen LogP contribution in [0, 0.1) is 0 Å². The number of aromatic nitrogens is 2. The Morgan fingerprint density at radius 2 is 2.19 bits per heavy atom. The molecule has 0 unspecified atom stereocenters. The molecular weight excluding hydrogens is 300 g/mol. The van der Waals surface area contributed by atoms with Crippen molar-refractivity contribution < 1.29 is 18.3 Å². The number of nitrogens with one attached hydrogen (secondary N) is 1. The summed E-state index contributed by atoms with van der Waals surface area (Å²) in [5, 5.41) is 3.27. The minimum Gasteiger partial charge on any atom is -0.473 e. The Kier molecular flexibility index (Phi) is 4.46. The fourth-order valence-electron chi connectivity index (χ4n) is 2.37. The van der Waals surface area contributed by atoms with Gasteiger partial charge in [0, 0.05) is 19.4 Å². The van der Waals surface area contributed by atoms with Gasteiger partial charge in [0.05, 0.1) is 24.4 Å². The topological polar surface area (TPSA) is 56.3 Å². The second-order valence-electron chi connectivity index (χ2n) is 5.22. The molecule has 116 valence electrons. The highest BCUT2D eigenvalue weighted by Gasteiger charge is 2.45. The predicted octanol–water partition coefficient (Wildman–Crippen LogP) is 2.11. The van der Waals surface area contributed by atoms with Crippen LogP contribution in [-0.2, 0) is 4.74 Å². The third kappa shape index (κ3) is 3.75. The van der Waals surface area contributed by atoms with Gasteiger partial charge in [-0.15, -0.1) is 4.37 Å². The first-order valence-electron chi connectivity index (χ1n) is 6.99. The van der Waals surface area contributed by atoms with E-state index in [-0.39, 0.29) is 25.6 Å². The van der Waals surface area contributed by atoms with Gasteiger partial charge in [0.2, 0.25) is 0 Å². The summed E-state index contributed by atoms with van der Waals surface area (Å²) in [4.78, 5) is 0. The normalized spacial score (nSPS) is 21.7. The minimum absolute atomic E-state index is 0.185. The Bertz CT molecular complexity index is 513. The van der Waals surface area contributed by atoms with Crippen LogP contribution in [-0.4, -0.2) is 47.1 Å². The molecule has 0 radical (unpaired) electrons. The van der Waals surface area contributed by atoms with Gasteiger partial charge in [-0.25, -0.2) is 8.78 Å². The van der Waals surface area contributed by atoms with Crippen LogP contribution < -0.4 is 10.1 Å². The van der Waals surface area contributed by atoms with Gasteiger partial charge < -0.3 is 14.8 Å². The predicted molar refractivity (Wildman–Crippen MR) is 74.8 cm³/mol. The molecule has 1 aromatic heterocycles. The van der Waals surface area contributed by atoms with Gasteiger partial charge >= 0.3 is 0 Å². The Balaban J connectivity index is 1.44. The molecule has 3 rings (SSSR count). The molecule has 0 atom stereocenters. The van der Waals surface area contributed by atoms with E-state index in [1.165, 1.54) is 0 Å². The van der Waals surface area contributed by atoms with Crippen molar-refractivity contribution in [2.45, 2.75) is 31.3 Å². The molecule has 2 heterocycles. The van der Waals surface area contributed by atoms with Crippen molar-refractivity contribution in [2.75, 3.05) is 26.3 Å². The van der Waals surface area contributed by atoms with Gasteiger partial charge in [-0.2, -0.15) is 4.37 Å². The summed E-state index contributed by atoms with van der Waals surface area (Å²) in [5.41, 5.74) is 1.85. The van der Waals surface area contributed by atoms with Crippen molar-refractivity contribution in [1.82, 2.24) is 14.1 Å². The molecule has 0 amide bonds. The van der Waals surface area contributed by atoms with Crippen molar-refractivity contribution in [3.8, 4) is 5.88 Å². The van der Waals surface area contributed by atoms with Crippen LogP contribution in [0.5, 0.6) is 5.88 Å². The maximum atomic E-state index is 12.6. The average molecular weight is 317 g/mol. The molecule has 5 nitrogen and oxygen atoms in total. The van der Waals surface area contributed by atoms with Gasteiger partial charge in [-0.1, -0.05) is 6.08 Å². The molecule has 0 bridgehead atoms. The minimum atomic E-state index is -2.54. The van der Waals surface area contributed by atoms with E-state index in [4.69, 9.17) is 9.47 Å². The van der Waals surface area contributed by atoms with E-state index in [9.17, 15) is 8.78 Å². The van der Waals surface area contributed by atoms with E-state index in [1.807, 2.05) is 0 Å². The SMILES string of the molecule is FC1(F)CC(OCCOc2nsnc2C2=CCCNC2)C1. The molecule has 1 aliphatic heterocycles. The van der Waals surface area contributed by atoms with Crippen molar-refractivity contribution in [3.05, 3.63) is 11.8 Å². The zero-order valence-corrected chi connectivity index (χ0v) is 12.3. The molecule has 1 fully saturated rings. The third-order valence-electron chi connectivity index (χ3n) is 3.52. The number of halogens is 2. The summed E-state index contributed by atoms with van der Waals surface area (Å²) >= 11 is 1.11. The van der Waals surface area contributed by atoms with Crippen molar-refractivity contribution in [3.63, 3.8) is 0 Å². The number of nitrogens with zero attached hydrogens (tertiary/aromatic N) is 2. The van der Waals surface area contributed by atoms with Crippen molar-refractivity contribution in [1.29, 1.82) is 0 Å². The smallest absolute Gasteiger partial charge is 0.253 e. The fraction of sp³-hybridized carbons (Fsp3) is 0.692. The lowest BCUT2D eigenvalue weighted by Crippen LogP contribution is -2.41. The Hall–Kier alpha value is -1.12. The van der Waals surface area contributed by atoms with E-state index >= 15 is 0 Å². The molecule has 2 aliphatic rings. The van der Waals surface area contributed by atoms with Crippen LogP contribution in [0.25, 0.3) is 5.57 Å². The van der Waals surface area contributed by atoms with E-state index in [1.54, 1.807) is 0 Å². The summed E-state index contributed by atoms with van der Waals surface area (Å²) in [5.74, 6) is -2.05. The first-order valence-corrected chi connectivity index (χ1v) is 7.72. The van der Waals surface area contributed by atoms with E-state index in [0.717, 1.165) is 42.5 Å². The molecule has 1 aromatic rings. The highest BCUT2D eigenvalue weighted by Crippen LogP contribution is 2.39. The lowest BCUT2D eigenvalue weighted by Gasteiger charge is -2.34. The largest absolute Gasteiger partial charge is 0.473 e. The summed E-state index contributed by atoms with van der Waals surface area (Å²) in [6, 6.07) is 0. The lowest BCUT2D eigenvalue weighted by atomic mass is 9.91. The van der Waals surface area contributed by atoms with Crippen LogP contribution in [0.4, 0.5) is 8.78 Å². The number of ether oxygens (including phenoxy) is 2. The van der Waals surface area contributed by atoms with Gasteiger partial charge in [0.1, 0.15) is 12.3 Å².